The van der Waals surface area contributed by atoms with Crippen LogP contribution in [0.25, 0.3) is 0 Å². The Balaban J connectivity index is 1.67. The van der Waals surface area contributed by atoms with Gasteiger partial charge < -0.3 is 15.6 Å². The minimum absolute atomic E-state index is 0.0671. The van der Waals surface area contributed by atoms with Gasteiger partial charge in [0.15, 0.2) is 5.16 Å². The molecule has 3 rings (SSSR count). The number of aryl methyl sites for hydroxylation is 1. The first-order valence-corrected chi connectivity index (χ1v) is 12.1. The lowest BCUT2D eigenvalue weighted by molar-refractivity contribution is -0.119. The van der Waals surface area contributed by atoms with Gasteiger partial charge in [0.25, 0.3) is 0 Å². The second-order valence-corrected chi connectivity index (χ2v) is 9.32. The number of nitrogens with two attached hydrogens (primary N) is 1. The van der Waals surface area contributed by atoms with Gasteiger partial charge in [-0.15, -0.1) is 10.2 Å². The third-order valence-electron chi connectivity index (χ3n) is 5.09. The first kappa shape index (κ1) is 24.5. The maximum Gasteiger partial charge on any atom is 0.230 e. The number of aromatic nitrogens is 3. The highest BCUT2D eigenvalue weighted by molar-refractivity contribution is 7.99. The van der Waals surface area contributed by atoms with E-state index in [1.54, 1.807) is 0 Å². The molecule has 0 fully saturated rings. The molecule has 2 amide bonds. The number of hydrogen-bond donors (Lipinski definition) is 2. The number of thioether (sulfide) groups is 1. The average molecular weight is 466 g/mol. The molecule has 2 aromatic carbocycles. The quantitative estimate of drug-likeness (QED) is 0.398. The summed E-state index contributed by atoms with van der Waals surface area (Å²) in [6, 6.07) is 20.0. The second-order valence-electron chi connectivity index (χ2n) is 8.38. The van der Waals surface area contributed by atoms with Crippen LogP contribution in [0, 0.1) is 5.92 Å². The van der Waals surface area contributed by atoms with E-state index in [0.717, 1.165) is 17.0 Å². The Bertz CT molecular complexity index is 1040. The number of primary amides is 1. The Morgan fingerprint density at radius 3 is 2.33 bits per heavy atom. The van der Waals surface area contributed by atoms with Crippen LogP contribution in [0.2, 0.25) is 0 Å². The van der Waals surface area contributed by atoms with E-state index in [0.29, 0.717) is 30.5 Å². The highest BCUT2D eigenvalue weighted by Crippen LogP contribution is 2.22. The van der Waals surface area contributed by atoms with Crippen LogP contribution < -0.4 is 11.1 Å². The molecule has 0 saturated heterocycles. The van der Waals surface area contributed by atoms with Gasteiger partial charge >= 0.3 is 0 Å². The van der Waals surface area contributed by atoms with E-state index in [4.69, 9.17) is 5.73 Å². The van der Waals surface area contributed by atoms with Crippen molar-refractivity contribution in [2.24, 2.45) is 11.7 Å². The molecular formula is C25H31N5O2S. The number of amides is 2. The van der Waals surface area contributed by atoms with Crippen molar-refractivity contribution in [3.05, 3.63) is 77.6 Å². The third kappa shape index (κ3) is 7.75. The number of benzene rings is 2. The monoisotopic (exact) mass is 465 g/mol. The van der Waals surface area contributed by atoms with Crippen LogP contribution in [0.5, 0.6) is 0 Å². The Hall–Kier alpha value is -3.13. The average Bonchev–Trinajstić information content (AvgIpc) is 3.18. The van der Waals surface area contributed by atoms with Crippen LogP contribution in [0.4, 0.5) is 0 Å². The molecule has 33 heavy (non-hydrogen) atoms. The predicted octanol–water partition coefficient (Wildman–Crippen LogP) is 3.54. The summed E-state index contributed by atoms with van der Waals surface area (Å²) in [5.41, 5.74) is 7.52. The molecule has 174 valence electrons. The van der Waals surface area contributed by atoms with Gasteiger partial charge in [-0.2, -0.15) is 0 Å². The van der Waals surface area contributed by atoms with Crippen LogP contribution in [0.1, 0.15) is 43.3 Å². The zero-order chi connectivity index (χ0) is 23.6. The summed E-state index contributed by atoms with van der Waals surface area (Å²) in [6.45, 7) is 4.92. The largest absolute Gasteiger partial charge is 0.370 e. The van der Waals surface area contributed by atoms with Crippen molar-refractivity contribution in [2.45, 2.75) is 50.9 Å². The van der Waals surface area contributed by atoms with Gasteiger partial charge in [0.2, 0.25) is 11.8 Å². The highest BCUT2D eigenvalue weighted by Gasteiger charge is 2.18. The van der Waals surface area contributed by atoms with Gasteiger partial charge in [0, 0.05) is 19.4 Å². The highest BCUT2D eigenvalue weighted by atomic mass is 32.2. The molecule has 7 nitrogen and oxygen atoms in total. The maximum atomic E-state index is 12.9. The minimum atomic E-state index is -0.368. The van der Waals surface area contributed by atoms with E-state index in [1.807, 2.05) is 53.1 Å². The van der Waals surface area contributed by atoms with Crippen LogP contribution in [0.15, 0.2) is 65.8 Å². The van der Waals surface area contributed by atoms with Crippen LogP contribution >= 0.6 is 11.8 Å². The molecule has 0 spiro atoms. The van der Waals surface area contributed by atoms with Gasteiger partial charge in [-0.05, 0) is 23.5 Å². The van der Waals surface area contributed by atoms with Crippen molar-refractivity contribution in [3.63, 3.8) is 0 Å². The van der Waals surface area contributed by atoms with Crippen LogP contribution in [-0.4, -0.2) is 32.3 Å². The fourth-order valence-corrected chi connectivity index (χ4v) is 4.33. The molecule has 0 aliphatic heterocycles. The van der Waals surface area contributed by atoms with Crippen molar-refractivity contribution in [3.8, 4) is 0 Å². The van der Waals surface area contributed by atoms with E-state index in [-0.39, 0.29) is 30.0 Å². The Labute approximate surface area is 199 Å². The third-order valence-corrected chi connectivity index (χ3v) is 6.06. The van der Waals surface area contributed by atoms with Gasteiger partial charge in [-0.1, -0.05) is 86.3 Å². The maximum absolute atomic E-state index is 12.9. The molecule has 0 aliphatic carbocycles. The first-order chi connectivity index (χ1) is 15.9. The zero-order valence-electron chi connectivity index (χ0n) is 19.1. The smallest absolute Gasteiger partial charge is 0.230 e. The molecule has 3 aromatic rings. The Morgan fingerprint density at radius 1 is 1.03 bits per heavy atom. The summed E-state index contributed by atoms with van der Waals surface area (Å²) < 4.78 is 1.99. The van der Waals surface area contributed by atoms with Crippen LogP contribution in [-0.2, 0) is 29.0 Å². The molecule has 0 bridgehead atoms. The van der Waals surface area contributed by atoms with E-state index in [1.165, 1.54) is 11.8 Å². The minimum Gasteiger partial charge on any atom is -0.370 e. The van der Waals surface area contributed by atoms with E-state index >= 15 is 0 Å². The van der Waals surface area contributed by atoms with E-state index in [9.17, 15) is 9.59 Å². The molecule has 1 unspecified atom stereocenters. The predicted molar refractivity (Wildman–Crippen MR) is 131 cm³/mol. The lowest BCUT2D eigenvalue weighted by atomic mass is 9.99. The molecule has 3 N–H and O–H groups in total. The molecule has 1 atom stereocenters. The Kier molecular flexibility index (Phi) is 9.06. The van der Waals surface area contributed by atoms with Crippen LogP contribution in [0.3, 0.4) is 0 Å². The fourth-order valence-electron chi connectivity index (χ4n) is 3.55. The summed E-state index contributed by atoms with van der Waals surface area (Å²) in [4.78, 5) is 24.1. The van der Waals surface area contributed by atoms with Crippen molar-refractivity contribution in [1.82, 2.24) is 20.1 Å². The van der Waals surface area contributed by atoms with Crippen molar-refractivity contribution >= 4 is 23.6 Å². The van der Waals surface area contributed by atoms with Crippen molar-refractivity contribution in [1.29, 1.82) is 0 Å². The number of hydrogen-bond acceptors (Lipinski definition) is 5. The number of nitrogens with one attached hydrogen (secondary N) is 1. The molecule has 8 heteroatoms. The lowest BCUT2D eigenvalue weighted by Gasteiger charge is -2.19. The van der Waals surface area contributed by atoms with Crippen molar-refractivity contribution in [2.75, 3.05) is 5.75 Å². The van der Waals surface area contributed by atoms with E-state index < -0.39 is 0 Å². The molecule has 1 heterocycles. The van der Waals surface area contributed by atoms with Gasteiger partial charge in [-0.25, -0.2) is 0 Å². The molecule has 0 aliphatic rings. The topological polar surface area (TPSA) is 103 Å². The number of carbonyl (C=O) groups is 2. The molecule has 0 radical (unpaired) electrons. The molecule has 0 saturated carbocycles. The number of nitrogens with zero attached hydrogens (tertiary/aromatic N) is 3. The molecule has 1 aromatic heterocycles. The second kappa shape index (κ2) is 12.2. The summed E-state index contributed by atoms with van der Waals surface area (Å²) in [6.07, 6.45) is 1.37. The number of rotatable bonds is 12. The number of carbonyl (C=O) groups excluding carboxylic acids is 2. The van der Waals surface area contributed by atoms with Gasteiger partial charge in [0.1, 0.15) is 5.82 Å². The normalized spacial score (nSPS) is 12.0. The Morgan fingerprint density at radius 2 is 1.70 bits per heavy atom. The summed E-state index contributed by atoms with van der Waals surface area (Å²) in [5.74, 6) is 0.881. The zero-order valence-corrected chi connectivity index (χ0v) is 19.9. The molecular weight excluding hydrogens is 434 g/mol. The fraction of sp³-hybridized carbons (Fsp3) is 0.360. The first-order valence-electron chi connectivity index (χ1n) is 11.1. The van der Waals surface area contributed by atoms with E-state index in [2.05, 4.69) is 41.5 Å². The standard InChI is InChI=1S/C25H31N5O2S/c1-18(2)16-30-23(14-13-22(26)31)28-29-25(30)33-17-24(32)27-21(20-11-7-4-8-12-20)15-19-9-5-3-6-10-19/h3-12,18,21H,13-17H2,1-2H3,(H2,26,31)(H,27,32). The lowest BCUT2D eigenvalue weighted by Crippen LogP contribution is -2.31. The van der Waals surface area contributed by atoms with Crippen molar-refractivity contribution < 1.29 is 9.59 Å². The SMILES string of the molecule is CC(C)Cn1c(CCC(N)=O)nnc1SCC(=O)NC(Cc1ccccc1)c1ccccc1. The van der Waals surface area contributed by atoms with Gasteiger partial charge in [-0.3, -0.25) is 9.59 Å². The summed E-state index contributed by atoms with van der Waals surface area (Å²) in [7, 11) is 0. The summed E-state index contributed by atoms with van der Waals surface area (Å²) >= 11 is 1.36. The summed E-state index contributed by atoms with van der Waals surface area (Å²) in [5, 5.41) is 12.4. The van der Waals surface area contributed by atoms with Gasteiger partial charge in [0.05, 0.1) is 11.8 Å².